The number of nitrogens with zero attached hydrogens (tertiary/aromatic N) is 1. The number of piperidine rings is 1. The first-order valence-corrected chi connectivity index (χ1v) is 11.2. The summed E-state index contributed by atoms with van der Waals surface area (Å²) in [7, 11) is 0. The molecule has 1 saturated heterocycles. The summed E-state index contributed by atoms with van der Waals surface area (Å²) < 4.78 is 38.5. The highest BCUT2D eigenvalue weighted by Crippen LogP contribution is 2.42. The van der Waals surface area contributed by atoms with Gasteiger partial charge in [-0.05, 0) is 65.6 Å². The van der Waals surface area contributed by atoms with E-state index in [2.05, 4.69) is 31.3 Å². The highest BCUT2D eigenvalue weighted by Gasteiger charge is 2.40. The largest absolute Gasteiger partial charge is 0.416 e. The minimum atomic E-state index is -4.38. The van der Waals surface area contributed by atoms with Crippen LogP contribution in [0.15, 0.2) is 48.5 Å². The molecular formula is C25H30ClF3N2O. The summed E-state index contributed by atoms with van der Waals surface area (Å²) in [6, 6.07) is 12.2. The molecule has 1 amide bonds. The van der Waals surface area contributed by atoms with E-state index in [-0.39, 0.29) is 17.2 Å². The van der Waals surface area contributed by atoms with Crippen molar-refractivity contribution in [2.75, 3.05) is 18.4 Å². The number of rotatable bonds is 5. The highest BCUT2D eigenvalue weighted by atomic mass is 35.5. The number of hydrogen-bond acceptors (Lipinski definition) is 2. The second kappa shape index (κ2) is 9.34. The Kier molecular flexibility index (Phi) is 7.13. The molecule has 1 N–H and O–H groups in total. The normalized spacial score (nSPS) is 19.7. The number of hydrogen-bond donors (Lipinski definition) is 1. The smallest absolute Gasteiger partial charge is 0.373 e. The lowest BCUT2D eigenvalue weighted by Gasteiger charge is -2.46. The van der Waals surface area contributed by atoms with Crippen LogP contribution in [0.3, 0.4) is 0 Å². The molecule has 3 rings (SSSR count). The Morgan fingerprint density at radius 3 is 2.19 bits per heavy atom. The lowest BCUT2D eigenvalue weighted by molar-refractivity contribution is -0.138. The van der Waals surface area contributed by atoms with Gasteiger partial charge in [0, 0.05) is 23.8 Å². The van der Waals surface area contributed by atoms with E-state index in [1.807, 2.05) is 30.9 Å². The van der Waals surface area contributed by atoms with E-state index in [1.54, 1.807) is 0 Å². The van der Waals surface area contributed by atoms with Gasteiger partial charge in [0.05, 0.1) is 5.56 Å². The Balaban J connectivity index is 1.72. The van der Waals surface area contributed by atoms with Crippen LogP contribution in [0.5, 0.6) is 0 Å². The minimum Gasteiger partial charge on any atom is -0.373 e. The van der Waals surface area contributed by atoms with Crippen molar-refractivity contribution in [1.29, 1.82) is 0 Å². The molecule has 1 aliphatic rings. The van der Waals surface area contributed by atoms with Gasteiger partial charge in [0.25, 0.3) is 0 Å². The molecule has 3 nitrogen and oxygen atoms in total. The van der Waals surface area contributed by atoms with Crippen molar-refractivity contribution >= 4 is 23.2 Å². The summed E-state index contributed by atoms with van der Waals surface area (Å²) in [5.41, 5.74) is 0.883. The number of benzene rings is 2. The van der Waals surface area contributed by atoms with Crippen LogP contribution in [0, 0.1) is 11.3 Å². The van der Waals surface area contributed by atoms with E-state index in [0.29, 0.717) is 29.7 Å². The van der Waals surface area contributed by atoms with Gasteiger partial charge in [-0.3, -0.25) is 4.79 Å². The zero-order chi connectivity index (χ0) is 23.7. The van der Waals surface area contributed by atoms with Gasteiger partial charge >= 0.3 is 6.18 Å². The molecule has 1 fully saturated rings. The first kappa shape index (κ1) is 24.4. The monoisotopic (exact) mass is 466 g/mol. The molecule has 2 atom stereocenters. The Hall–Kier alpha value is -2.21. The third-order valence-corrected chi connectivity index (χ3v) is 6.53. The SMILES string of the molecule is CC(C)[C@@H](Nc1ccc(C(F)(F)F)cc1)C(=O)N1CCC(c2ccc(Cl)cc2)C(C)(C)C1. The summed E-state index contributed by atoms with van der Waals surface area (Å²) in [5.74, 6) is 0.258. The summed E-state index contributed by atoms with van der Waals surface area (Å²) in [6.07, 6.45) is -3.54. The zero-order valence-corrected chi connectivity index (χ0v) is 19.6. The van der Waals surface area contributed by atoms with E-state index in [0.717, 1.165) is 18.6 Å². The van der Waals surface area contributed by atoms with Gasteiger partial charge in [-0.2, -0.15) is 13.2 Å². The van der Waals surface area contributed by atoms with Gasteiger partial charge in [-0.1, -0.05) is 51.4 Å². The molecule has 0 spiro atoms. The van der Waals surface area contributed by atoms with Crippen molar-refractivity contribution in [2.24, 2.45) is 11.3 Å². The van der Waals surface area contributed by atoms with Crippen LogP contribution in [0.4, 0.5) is 18.9 Å². The number of halogens is 4. The summed E-state index contributed by atoms with van der Waals surface area (Å²) in [6.45, 7) is 9.44. The molecule has 1 aliphatic heterocycles. The third kappa shape index (κ3) is 5.58. The predicted octanol–water partition coefficient (Wildman–Crippen LogP) is 6.84. The summed E-state index contributed by atoms with van der Waals surface area (Å²) >= 11 is 6.03. The Morgan fingerprint density at radius 1 is 1.09 bits per heavy atom. The number of anilines is 1. The van der Waals surface area contributed by atoms with E-state index >= 15 is 0 Å². The predicted molar refractivity (Wildman–Crippen MR) is 123 cm³/mol. The molecule has 0 aliphatic carbocycles. The first-order valence-electron chi connectivity index (χ1n) is 10.9. The van der Waals surface area contributed by atoms with Gasteiger partial charge in [0.1, 0.15) is 6.04 Å². The van der Waals surface area contributed by atoms with Crippen molar-refractivity contribution in [3.05, 3.63) is 64.7 Å². The van der Waals surface area contributed by atoms with Crippen LogP contribution < -0.4 is 5.32 Å². The Morgan fingerprint density at radius 2 is 1.69 bits per heavy atom. The topological polar surface area (TPSA) is 32.3 Å². The van der Waals surface area contributed by atoms with Crippen LogP contribution in [0.1, 0.15) is 51.2 Å². The standard InChI is InChI=1S/C25H30ClF3N2O/c1-16(2)22(30-20-11-7-18(8-12-20)25(27,28)29)23(32)31-14-13-21(24(3,4)15-31)17-5-9-19(26)10-6-17/h5-12,16,21-22,30H,13-15H2,1-4H3/t21?,22-/m1/s1. The number of carbonyl (C=O) groups is 1. The maximum atomic E-state index is 13.4. The maximum Gasteiger partial charge on any atom is 0.416 e. The summed E-state index contributed by atoms with van der Waals surface area (Å²) in [4.78, 5) is 15.3. The van der Waals surface area contributed by atoms with Crippen molar-refractivity contribution < 1.29 is 18.0 Å². The fourth-order valence-electron chi connectivity index (χ4n) is 4.50. The van der Waals surface area contributed by atoms with Crippen LogP contribution in [0.25, 0.3) is 0 Å². The quantitative estimate of drug-likeness (QED) is 0.523. The van der Waals surface area contributed by atoms with E-state index < -0.39 is 17.8 Å². The Bertz CT molecular complexity index is 924. The van der Waals surface area contributed by atoms with E-state index in [9.17, 15) is 18.0 Å². The second-order valence-electron chi connectivity index (χ2n) is 9.58. The molecule has 1 unspecified atom stereocenters. The number of amides is 1. The third-order valence-electron chi connectivity index (χ3n) is 6.28. The van der Waals surface area contributed by atoms with Crippen molar-refractivity contribution in [3.63, 3.8) is 0 Å². The average Bonchev–Trinajstić information content (AvgIpc) is 2.71. The van der Waals surface area contributed by atoms with Crippen LogP contribution in [0.2, 0.25) is 5.02 Å². The molecule has 7 heteroatoms. The van der Waals surface area contributed by atoms with Crippen molar-refractivity contribution in [1.82, 2.24) is 4.90 Å². The number of likely N-dealkylation sites (tertiary alicyclic amines) is 1. The second-order valence-corrected chi connectivity index (χ2v) is 10.0. The Labute approximate surface area is 192 Å². The van der Waals surface area contributed by atoms with Gasteiger partial charge < -0.3 is 10.2 Å². The molecule has 0 aromatic heterocycles. The number of alkyl halides is 3. The molecule has 0 saturated carbocycles. The van der Waals surface area contributed by atoms with Crippen LogP contribution >= 0.6 is 11.6 Å². The lowest BCUT2D eigenvalue weighted by atomic mass is 9.70. The molecule has 2 aromatic carbocycles. The molecule has 0 radical (unpaired) electrons. The number of carbonyl (C=O) groups excluding carboxylic acids is 1. The fourth-order valence-corrected chi connectivity index (χ4v) is 4.63. The molecule has 2 aromatic rings. The van der Waals surface area contributed by atoms with Crippen molar-refractivity contribution in [3.8, 4) is 0 Å². The zero-order valence-electron chi connectivity index (χ0n) is 18.8. The van der Waals surface area contributed by atoms with Crippen LogP contribution in [-0.4, -0.2) is 29.9 Å². The fraction of sp³-hybridized carbons (Fsp3) is 0.480. The number of nitrogens with one attached hydrogen (secondary N) is 1. The summed E-state index contributed by atoms with van der Waals surface area (Å²) in [5, 5.41) is 3.86. The molecule has 32 heavy (non-hydrogen) atoms. The maximum absolute atomic E-state index is 13.4. The average molecular weight is 467 g/mol. The molecular weight excluding hydrogens is 437 g/mol. The van der Waals surface area contributed by atoms with E-state index in [1.165, 1.54) is 17.7 Å². The van der Waals surface area contributed by atoms with Gasteiger partial charge in [-0.15, -0.1) is 0 Å². The van der Waals surface area contributed by atoms with Crippen LogP contribution in [-0.2, 0) is 11.0 Å². The molecule has 174 valence electrons. The van der Waals surface area contributed by atoms with Gasteiger partial charge in [0.15, 0.2) is 0 Å². The van der Waals surface area contributed by atoms with E-state index in [4.69, 9.17) is 11.6 Å². The van der Waals surface area contributed by atoms with Gasteiger partial charge in [0.2, 0.25) is 5.91 Å². The lowest BCUT2D eigenvalue weighted by Crippen LogP contribution is -2.53. The minimum absolute atomic E-state index is 0.0254. The first-order chi connectivity index (χ1) is 14.9. The van der Waals surface area contributed by atoms with Crippen molar-refractivity contribution in [2.45, 2.75) is 52.3 Å². The molecule has 0 bridgehead atoms. The molecule has 1 heterocycles. The van der Waals surface area contributed by atoms with Gasteiger partial charge in [-0.25, -0.2) is 0 Å². The highest BCUT2D eigenvalue weighted by molar-refractivity contribution is 6.30.